The third kappa shape index (κ3) is 0.875. The van der Waals surface area contributed by atoms with E-state index in [1.807, 2.05) is 0 Å². The van der Waals surface area contributed by atoms with Crippen molar-refractivity contribution in [2.24, 2.45) is 0 Å². The minimum Gasteiger partial charge on any atom is -0.305 e. The SMILES string of the molecule is CC1=C(C)S(=O)(=O)C(=O)N1C. The number of amides is 1. The zero-order valence-electron chi connectivity index (χ0n) is 6.58. The fourth-order valence-corrected chi connectivity index (χ4v) is 2.16. The largest absolute Gasteiger partial charge is 0.347 e. The van der Waals surface area contributed by atoms with Crippen LogP contribution in [0.15, 0.2) is 10.6 Å². The van der Waals surface area contributed by atoms with Crippen molar-refractivity contribution in [1.29, 1.82) is 0 Å². The number of hydrogen-bond acceptors (Lipinski definition) is 3. The Kier molecular flexibility index (Phi) is 1.56. The zero-order valence-corrected chi connectivity index (χ0v) is 7.40. The Morgan fingerprint density at radius 3 is 1.82 bits per heavy atom. The average Bonchev–Trinajstić information content (AvgIpc) is 2.06. The Hall–Kier alpha value is -0.840. The first-order valence-electron chi connectivity index (χ1n) is 3.09. The summed E-state index contributed by atoms with van der Waals surface area (Å²) >= 11 is 0. The first-order valence-corrected chi connectivity index (χ1v) is 4.57. The van der Waals surface area contributed by atoms with Crippen molar-refractivity contribution in [3.63, 3.8) is 0 Å². The Balaban J connectivity index is 3.40. The lowest BCUT2D eigenvalue weighted by molar-refractivity contribution is 0.242. The molecule has 0 spiro atoms. The Labute approximate surface area is 65.4 Å². The van der Waals surface area contributed by atoms with Gasteiger partial charge in [-0.05, 0) is 13.8 Å². The van der Waals surface area contributed by atoms with E-state index in [0.29, 0.717) is 5.70 Å². The molecule has 0 bridgehead atoms. The summed E-state index contributed by atoms with van der Waals surface area (Å²) in [6.45, 7) is 3.05. The lowest BCUT2D eigenvalue weighted by Gasteiger charge is -2.06. The second-order valence-corrected chi connectivity index (χ2v) is 4.44. The molecule has 1 rings (SSSR count). The van der Waals surface area contributed by atoms with E-state index in [0.717, 1.165) is 4.90 Å². The predicted molar refractivity (Wildman–Crippen MR) is 40.5 cm³/mol. The summed E-state index contributed by atoms with van der Waals surface area (Å²) in [5.74, 6) is 0. The molecule has 4 nitrogen and oxygen atoms in total. The number of sulfone groups is 1. The number of hydrogen-bond donors (Lipinski definition) is 0. The maximum absolute atomic E-state index is 11.1. The van der Waals surface area contributed by atoms with Crippen LogP contribution in [-0.4, -0.2) is 25.6 Å². The molecule has 0 aliphatic carbocycles. The number of nitrogens with zero attached hydrogens (tertiary/aromatic N) is 1. The van der Waals surface area contributed by atoms with Gasteiger partial charge in [0.15, 0.2) is 0 Å². The summed E-state index contributed by atoms with van der Waals surface area (Å²) in [5, 5.41) is -0.826. The summed E-state index contributed by atoms with van der Waals surface area (Å²) in [6, 6.07) is 0. The molecule has 62 valence electrons. The van der Waals surface area contributed by atoms with Gasteiger partial charge in [-0.1, -0.05) is 0 Å². The average molecular weight is 175 g/mol. The van der Waals surface area contributed by atoms with Crippen molar-refractivity contribution < 1.29 is 13.2 Å². The second-order valence-electron chi connectivity index (χ2n) is 2.47. The van der Waals surface area contributed by atoms with Crippen LogP contribution in [0, 0.1) is 0 Å². The van der Waals surface area contributed by atoms with Crippen molar-refractivity contribution in [2.45, 2.75) is 13.8 Å². The molecule has 1 heterocycles. The molecule has 0 saturated carbocycles. The van der Waals surface area contributed by atoms with Gasteiger partial charge in [0.05, 0.1) is 4.91 Å². The van der Waals surface area contributed by atoms with Crippen LogP contribution in [0.4, 0.5) is 4.79 Å². The van der Waals surface area contributed by atoms with Crippen LogP contribution in [0.2, 0.25) is 0 Å². The van der Waals surface area contributed by atoms with Crippen molar-refractivity contribution in [1.82, 2.24) is 4.90 Å². The number of carbonyl (C=O) groups is 1. The summed E-state index contributed by atoms with van der Waals surface area (Å²) in [6.07, 6.45) is 0. The van der Waals surface area contributed by atoms with Crippen LogP contribution in [0.1, 0.15) is 13.8 Å². The highest BCUT2D eigenvalue weighted by Crippen LogP contribution is 2.25. The van der Waals surface area contributed by atoms with Gasteiger partial charge in [-0.2, -0.15) is 0 Å². The van der Waals surface area contributed by atoms with E-state index in [9.17, 15) is 13.2 Å². The van der Waals surface area contributed by atoms with E-state index in [2.05, 4.69) is 0 Å². The van der Waals surface area contributed by atoms with Crippen molar-refractivity contribution in [3.8, 4) is 0 Å². The van der Waals surface area contributed by atoms with Gasteiger partial charge >= 0.3 is 5.24 Å². The van der Waals surface area contributed by atoms with Crippen LogP contribution in [0.25, 0.3) is 0 Å². The number of allylic oxidation sites excluding steroid dienone is 2. The number of carbonyl (C=O) groups excluding carboxylic acids is 1. The van der Waals surface area contributed by atoms with Crippen molar-refractivity contribution >= 4 is 15.1 Å². The molecule has 0 unspecified atom stereocenters. The lowest BCUT2D eigenvalue weighted by atomic mass is 10.4. The maximum atomic E-state index is 11.1. The molecule has 0 radical (unpaired) electrons. The maximum Gasteiger partial charge on any atom is 0.347 e. The van der Waals surface area contributed by atoms with Gasteiger partial charge in [0.25, 0.3) is 9.84 Å². The monoisotopic (exact) mass is 175 g/mol. The topological polar surface area (TPSA) is 54.5 Å². The molecule has 0 saturated heterocycles. The van der Waals surface area contributed by atoms with Crippen LogP contribution in [-0.2, 0) is 9.84 Å². The molecular formula is C6H9NO3S. The highest BCUT2D eigenvalue weighted by molar-refractivity contribution is 8.09. The fraction of sp³-hybridized carbons (Fsp3) is 0.500. The molecule has 0 atom stereocenters. The molecule has 0 fully saturated rings. The first kappa shape index (κ1) is 8.26. The molecule has 1 amide bonds. The van der Waals surface area contributed by atoms with E-state index in [1.165, 1.54) is 14.0 Å². The minimum atomic E-state index is -3.64. The van der Waals surface area contributed by atoms with Gasteiger partial charge in [0.1, 0.15) is 0 Å². The molecule has 5 heteroatoms. The summed E-state index contributed by atoms with van der Waals surface area (Å²) in [4.78, 5) is 12.2. The second kappa shape index (κ2) is 2.07. The van der Waals surface area contributed by atoms with E-state index < -0.39 is 15.1 Å². The van der Waals surface area contributed by atoms with Crippen LogP contribution >= 0.6 is 0 Å². The summed E-state index contributed by atoms with van der Waals surface area (Å²) in [7, 11) is -2.19. The van der Waals surface area contributed by atoms with E-state index in [4.69, 9.17) is 0 Å². The third-order valence-corrected chi connectivity index (χ3v) is 3.75. The van der Waals surface area contributed by atoms with Crippen molar-refractivity contribution in [3.05, 3.63) is 10.6 Å². The minimum absolute atomic E-state index is 0.157. The first-order chi connectivity index (χ1) is 4.89. The van der Waals surface area contributed by atoms with Crippen LogP contribution in [0.5, 0.6) is 0 Å². The third-order valence-electron chi connectivity index (χ3n) is 1.92. The standard InChI is InChI=1S/C6H9NO3S/c1-4-5(2)11(9,10)6(8)7(4)3/h1-3H3. The predicted octanol–water partition coefficient (Wildman–Crippen LogP) is 0.718. The van der Waals surface area contributed by atoms with Crippen LogP contribution < -0.4 is 0 Å². The zero-order chi connectivity index (χ0) is 8.81. The number of rotatable bonds is 0. The van der Waals surface area contributed by atoms with Crippen molar-refractivity contribution in [2.75, 3.05) is 7.05 Å². The summed E-state index contributed by atoms with van der Waals surface area (Å²) in [5.41, 5.74) is 0.509. The van der Waals surface area contributed by atoms with E-state index in [-0.39, 0.29) is 4.91 Å². The van der Waals surface area contributed by atoms with Gasteiger partial charge in [0.2, 0.25) is 0 Å². The Bertz CT molecular complexity index is 339. The molecule has 0 aromatic rings. The van der Waals surface area contributed by atoms with Gasteiger partial charge in [-0.3, -0.25) is 4.79 Å². The van der Waals surface area contributed by atoms with Gasteiger partial charge < -0.3 is 4.90 Å². The molecule has 0 N–H and O–H groups in total. The van der Waals surface area contributed by atoms with E-state index >= 15 is 0 Å². The highest BCUT2D eigenvalue weighted by Gasteiger charge is 2.37. The normalized spacial score (nSPS) is 23.2. The molecular weight excluding hydrogens is 166 g/mol. The molecule has 11 heavy (non-hydrogen) atoms. The summed E-state index contributed by atoms with van der Waals surface area (Å²) < 4.78 is 22.1. The molecule has 0 aromatic heterocycles. The van der Waals surface area contributed by atoms with Gasteiger partial charge in [-0.15, -0.1) is 0 Å². The quantitative estimate of drug-likeness (QED) is 0.545. The molecule has 1 aliphatic rings. The highest BCUT2D eigenvalue weighted by atomic mass is 32.2. The Morgan fingerprint density at radius 2 is 1.73 bits per heavy atom. The van der Waals surface area contributed by atoms with E-state index in [1.54, 1.807) is 6.92 Å². The van der Waals surface area contributed by atoms with Crippen LogP contribution in [0.3, 0.4) is 0 Å². The van der Waals surface area contributed by atoms with Gasteiger partial charge in [-0.25, -0.2) is 8.42 Å². The molecule has 0 aromatic carbocycles. The Morgan fingerprint density at radius 1 is 1.27 bits per heavy atom. The molecule has 1 aliphatic heterocycles. The van der Waals surface area contributed by atoms with Gasteiger partial charge in [0, 0.05) is 12.7 Å². The lowest BCUT2D eigenvalue weighted by Crippen LogP contribution is -2.22. The fourth-order valence-electron chi connectivity index (χ4n) is 0.879. The smallest absolute Gasteiger partial charge is 0.305 e.